The van der Waals surface area contributed by atoms with Crippen molar-refractivity contribution in [3.8, 4) is 0 Å². The predicted molar refractivity (Wildman–Crippen MR) is 59.5 cm³/mol. The largest absolute Gasteiger partial charge is 0.356 e. The van der Waals surface area contributed by atoms with Gasteiger partial charge in [-0.05, 0) is 12.3 Å². The number of carbonyl (C=O) groups is 2. The lowest BCUT2D eigenvalue weighted by atomic mass is 10.2. The molecule has 15 heavy (non-hydrogen) atoms. The van der Waals surface area contributed by atoms with Gasteiger partial charge in [0.05, 0.1) is 0 Å². The van der Waals surface area contributed by atoms with Gasteiger partial charge in [-0.2, -0.15) is 0 Å². The van der Waals surface area contributed by atoms with Crippen molar-refractivity contribution >= 4 is 11.9 Å². The van der Waals surface area contributed by atoms with Crippen molar-refractivity contribution < 1.29 is 9.59 Å². The number of amides is 3. The first-order valence-corrected chi connectivity index (χ1v) is 5.28. The van der Waals surface area contributed by atoms with Gasteiger partial charge in [0.1, 0.15) is 0 Å². The summed E-state index contributed by atoms with van der Waals surface area (Å²) in [6, 6.07) is -0.147. The Bertz CT molecular complexity index is 205. The summed E-state index contributed by atoms with van der Waals surface area (Å²) in [4.78, 5) is 21.6. The van der Waals surface area contributed by atoms with E-state index in [1.54, 1.807) is 0 Å². The van der Waals surface area contributed by atoms with E-state index in [0.717, 1.165) is 6.42 Å². The van der Waals surface area contributed by atoms with E-state index in [2.05, 4.69) is 16.0 Å². The summed E-state index contributed by atoms with van der Waals surface area (Å²) in [6.45, 7) is 7.40. The first-order chi connectivity index (χ1) is 7.02. The summed E-state index contributed by atoms with van der Waals surface area (Å²) >= 11 is 0. The number of carbonyl (C=O) groups excluding carboxylic acids is 2. The average Bonchev–Trinajstić information content (AvgIpc) is 2.13. The standard InChI is InChI=1S/C10H21N3O2/c1-8(2)7-13-10(15)12-6-4-5-11-9(3)14/h8H,4-7H2,1-3H3,(H,11,14)(H2,12,13,15). The molecule has 3 amide bonds. The first-order valence-electron chi connectivity index (χ1n) is 5.28. The molecule has 5 heteroatoms. The van der Waals surface area contributed by atoms with Crippen LogP contribution in [0.2, 0.25) is 0 Å². The summed E-state index contributed by atoms with van der Waals surface area (Å²) in [7, 11) is 0. The van der Waals surface area contributed by atoms with E-state index in [1.165, 1.54) is 6.92 Å². The predicted octanol–water partition coefficient (Wildman–Crippen LogP) is 0.468. The van der Waals surface area contributed by atoms with Gasteiger partial charge in [-0.1, -0.05) is 13.8 Å². The van der Waals surface area contributed by atoms with Crippen molar-refractivity contribution in [3.63, 3.8) is 0 Å². The van der Waals surface area contributed by atoms with Gasteiger partial charge in [-0.3, -0.25) is 4.79 Å². The minimum absolute atomic E-state index is 0.0424. The average molecular weight is 215 g/mol. The van der Waals surface area contributed by atoms with Gasteiger partial charge in [0.25, 0.3) is 0 Å². The number of rotatable bonds is 6. The molecular weight excluding hydrogens is 194 g/mol. The SMILES string of the molecule is CC(=O)NCCCNC(=O)NCC(C)C. The molecule has 0 aromatic rings. The molecule has 0 rings (SSSR count). The van der Waals surface area contributed by atoms with Gasteiger partial charge in [0.2, 0.25) is 5.91 Å². The van der Waals surface area contributed by atoms with Crippen LogP contribution in [0, 0.1) is 5.92 Å². The fourth-order valence-corrected chi connectivity index (χ4v) is 0.914. The van der Waals surface area contributed by atoms with Crippen LogP contribution >= 0.6 is 0 Å². The van der Waals surface area contributed by atoms with E-state index in [0.29, 0.717) is 25.6 Å². The molecule has 5 nitrogen and oxygen atoms in total. The normalized spacial score (nSPS) is 9.87. The Morgan fingerprint density at radius 3 is 2.20 bits per heavy atom. The molecule has 0 aliphatic heterocycles. The molecule has 0 bridgehead atoms. The second-order valence-corrected chi connectivity index (χ2v) is 3.87. The Morgan fingerprint density at radius 2 is 1.67 bits per heavy atom. The highest BCUT2D eigenvalue weighted by Crippen LogP contribution is 1.86. The third-order valence-electron chi connectivity index (χ3n) is 1.68. The highest BCUT2D eigenvalue weighted by atomic mass is 16.2. The lowest BCUT2D eigenvalue weighted by molar-refractivity contribution is -0.118. The molecule has 0 aliphatic carbocycles. The Hall–Kier alpha value is -1.26. The number of nitrogens with one attached hydrogen (secondary N) is 3. The zero-order valence-electron chi connectivity index (χ0n) is 9.72. The van der Waals surface area contributed by atoms with E-state index < -0.39 is 0 Å². The lowest BCUT2D eigenvalue weighted by Gasteiger charge is -2.09. The van der Waals surface area contributed by atoms with Crippen LogP contribution in [0.15, 0.2) is 0 Å². The molecule has 0 heterocycles. The maximum atomic E-state index is 11.1. The summed E-state index contributed by atoms with van der Waals surface area (Å²) in [5, 5.41) is 8.11. The van der Waals surface area contributed by atoms with E-state index in [9.17, 15) is 9.59 Å². The van der Waals surface area contributed by atoms with Gasteiger partial charge < -0.3 is 16.0 Å². The van der Waals surface area contributed by atoms with Gasteiger partial charge in [-0.25, -0.2) is 4.79 Å². The number of hydrogen-bond acceptors (Lipinski definition) is 2. The molecule has 3 N–H and O–H groups in total. The summed E-state index contributed by atoms with van der Waals surface area (Å²) in [5.74, 6) is 0.411. The Kier molecular flexibility index (Phi) is 7.40. The van der Waals surface area contributed by atoms with Gasteiger partial charge in [0, 0.05) is 26.6 Å². The topological polar surface area (TPSA) is 70.2 Å². The second kappa shape index (κ2) is 8.08. The molecule has 0 atom stereocenters. The molecule has 0 radical (unpaired) electrons. The van der Waals surface area contributed by atoms with Crippen LogP contribution in [0.25, 0.3) is 0 Å². The molecule has 0 fully saturated rings. The van der Waals surface area contributed by atoms with Crippen LogP contribution in [0.3, 0.4) is 0 Å². The van der Waals surface area contributed by atoms with E-state index in [-0.39, 0.29) is 11.9 Å². The fourth-order valence-electron chi connectivity index (χ4n) is 0.914. The minimum Gasteiger partial charge on any atom is -0.356 e. The first kappa shape index (κ1) is 13.7. The molecular formula is C10H21N3O2. The highest BCUT2D eigenvalue weighted by molar-refractivity contribution is 5.74. The molecule has 88 valence electrons. The van der Waals surface area contributed by atoms with Crippen molar-refractivity contribution in [1.29, 1.82) is 0 Å². The third kappa shape index (κ3) is 10.7. The highest BCUT2D eigenvalue weighted by Gasteiger charge is 2.00. The summed E-state index contributed by atoms with van der Waals surface area (Å²) in [6.07, 6.45) is 0.745. The summed E-state index contributed by atoms with van der Waals surface area (Å²) in [5.41, 5.74) is 0. The Morgan fingerprint density at radius 1 is 1.07 bits per heavy atom. The quantitative estimate of drug-likeness (QED) is 0.564. The maximum Gasteiger partial charge on any atom is 0.314 e. The van der Waals surface area contributed by atoms with Crippen LogP contribution in [0.1, 0.15) is 27.2 Å². The smallest absolute Gasteiger partial charge is 0.314 e. The van der Waals surface area contributed by atoms with Gasteiger partial charge >= 0.3 is 6.03 Å². The van der Waals surface area contributed by atoms with Crippen LogP contribution in [0.4, 0.5) is 4.79 Å². The van der Waals surface area contributed by atoms with E-state index in [1.807, 2.05) is 13.8 Å². The fraction of sp³-hybridized carbons (Fsp3) is 0.800. The van der Waals surface area contributed by atoms with Crippen molar-refractivity contribution in [2.45, 2.75) is 27.2 Å². The van der Waals surface area contributed by atoms with Crippen LogP contribution in [-0.2, 0) is 4.79 Å². The monoisotopic (exact) mass is 215 g/mol. The molecule has 0 aromatic carbocycles. The molecule has 0 spiro atoms. The zero-order valence-corrected chi connectivity index (χ0v) is 9.72. The lowest BCUT2D eigenvalue weighted by Crippen LogP contribution is -2.38. The summed E-state index contributed by atoms with van der Waals surface area (Å²) < 4.78 is 0. The molecule has 0 saturated carbocycles. The zero-order chi connectivity index (χ0) is 11.7. The number of hydrogen-bond donors (Lipinski definition) is 3. The number of urea groups is 1. The molecule has 0 aliphatic rings. The van der Waals surface area contributed by atoms with Crippen molar-refractivity contribution in [2.24, 2.45) is 5.92 Å². The van der Waals surface area contributed by atoms with E-state index >= 15 is 0 Å². The van der Waals surface area contributed by atoms with Crippen molar-refractivity contribution in [2.75, 3.05) is 19.6 Å². The van der Waals surface area contributed by atoms with Crippen LogP contribution < -0.4 is 16.0 Å². The molecule has 0 unspecified atom stereocenters. The molecule has 0 aromatic heterocycles. The van der Waals surface area contributed by atoms with Gasteiger partial charge in [-0.15, -0.1) is 0 Å². The van der Waals surface area contributed by atoms with E-state index in [4.69, 9.17) is 0 Å². The van der Waals surface area contributed by atoms with Gasteiger partial charge in [0.15, 0.2) is 0 Å². The Labute approximate surface area is 91.0 Å². The van der Waals surface area contributed by atoms with Crippen molar-refractivity contribution in [3.05, 3.63) is 0 Å². The Balaban J connectivity index is 3.28. The maximum absolute atomic E-state index is 11.1. The molecule has 0 saturated heterocycles. The van der Waals surface area contributed by atoms with Crippen LogP contribution in [0.5, 0.6) is 0 Å². The van der Waals surface area contributed by atoms with Crippen molar-refractivity contribution in [1.82, 2.24) is 16.0 Å². The van der Waals surface area contributed by atoms with Crippen LogP contribution in [-0.4, -0.2) is 31.6 Å². The minimum atomic E-state index is -0.147. The third-order valence-corrected chi connectivity index (χ3v) is 1.68. The second-order valence-electron chi connectivity index (χ2n) is 3.87.